The van der Waals surface area contributed by atoms with E-state index in [1.807, 2.05) is 0 Å². The van der Waals surface area contributed by atoms with Crippen LogP contribution in [0.4, 0.5) is 0 Å². The molecule has 5 nitrogen and oxygen atoms in total. The molecule has 0 radical (unpaired) electrons. The Kier molecular flexibility index (Phi) is 3.84. The van der Waals surface area contributed by atoms with E-state index in [2.05, 4.69) is 5.43 Å². The molecule has 0 aromatic rings. The summed E-state index contributed by atoms with van der Waals surface area (Å²) in [6.07, 6.45) is 5.25. The zero-order valence-electron chi connectivity index (χ0n) is 9.56. The third kappa shape index (κ3) is 2.40. The molecule has 0 bridgehead atoms. The molecule has 1 heterocycles. The van der Waals surface area contributed by atoms with Crippen LogP contribution in [0.1, 0.15) is 38.5 Å². The summed E-state index contributed by atoms with van der Waals surface area (Å²) < 4.78 is 26.2. The second kappa shape index (κ2) is 5.00. The Bertz CT molecular complexity index is 317. The Morgan fingerprint density at radius 2 is 1.62 bits per heavy atom. The summed E-state index contributed by atoms with van der Waals surface area (Å²) in [5.41, 5.74) is 2.74. The van der Waals surface area contributed by atoms with E-state index >= 15 is 0 Å². The minimum absolute atomic E-state index is 0.171. The average molecular weight is 247 g/mol. The van der Waals surface area contributed by atoms with Crippen LogP contribution < -0.4 is 11.3 Å². The highest BCUT2D eigenvalue weighted by Gasteiger charge is 2.35. The molecule has 0 unspecified atom stereocenters. The standard InChI is InChI=1S/C10H21N3O2S/c11-12-9-3-5-10(6-4-9)16(14,15)13-7-1-2-8-13/h9-10,12H,1-8,11H2/t9-,10+. The van der Waals surface area contributed by atoms with Gasteiger partial charge in [0.25, 0.3) is 0 Å². The molecular weight excluding hydrogens is 226 g/mol. The molecule has 2 aliphatic rings. The first-order valence-electron chi connectivity index (χ1n) is 6.09. The van der Waals surface area contributed by atoms with Gasteiger partial charge in [-0.2, -0.15) is 0 Å². The van der Waals surface area contributed by atoms with E-state index in [0.29, 0.717) is 6.04 Å². The number of hydrogen-bond acceptors (Lipinski definition) is 4. The van der Waals surface area contributed by atoms with Crippen LogP contribution >= 0.6 is 0 Å². The number of nitrogens with two attached hydrogens (primary N) is 1. The van der Waals surface area contributed by atoms with Crippen molar-refractivity contribution < 1.29 is 8.42 Å². The maximum absolute atomic E-state index is 12.3. The van der Waals surface area contributed by atoms with Crippen molar-refractivity contribution >= 4 is 10.0 Å². The minimum atomic E-state index is -3.03. The van der Waals surface area contributed by atoms with Crippen LogP contribution in [-0.2, 0) is 10.0 Å². The van der Waals surface area contributed by atoms with E-state index in [0.717, 1.165) is 51.6 Å². The molecular formula is C10H21N3O2S. The lowest BCUT2D eigenvalue weighted by molar-refractivity contribution is 0.364. The summed E-state index contributed by atoms with van der Waals surface area (Å²) in [6.45, 7) is 1.44. The zero-order valence-corrected chi connectivity index (χ0v) is 10.4. The maximum Gasteiger partial charge on any atom is 0.216 e. The van der Waals surface area contributed by atoms with Crippen LogP contribution in [0.5, 0.6) is 0 Å². The maximum atomic E-state index is 12.3. The number of sulfonamides is 1. The number of nitrogens with zero attached hydrogens (tertiary/aromatic N) is 1. The molecule has 6 heteroatoms. The number of rotatable bonds is 3. The van der Waals surface area contributed by atoms with Crippen molar-refractivity contribution in [1.82, 2.24) is 9.73 Å². The first kappa shape index (κ1) is 12.3. The summed E-state index contributed by atoms with van der Waals surface area (Å²) in [5, 5.41) is -0.171. The molecule has 16 heavy (non-hydrogen) atoms. The van der Waals surface area contributed by atoms with Gasteiger partial charge in [0.15, 0.2) is 0 Å². The second-order valence-corrected chi connectivity index (χ2v) is 7.00. The SMILES string of the molecule is NN[C@H]1CC[C@@H](S(=O)(=O)N2CCCC2)CC1. The van der Waals surface area contributed by atoms with Gasteiger partial charge in [0.1, 0.15) is 0 Å². The molecule has 1 saturated carbocycles. The van der Waals surface area contributed by atoms with Gasteiger partial charge in [-0.15, -0.1) is 0 Å². The first-order chi connectivity index (χ1) is 7.64. The van der Waals surface area contributed by atoms with E-state index in [4.69, 9.17) is 5.84 Å². The fraction of sp³-hybridized carbons (Fsp3) is 1.00. The monoisotopic (exact) mass is 247 g/mol. The van der Waals surface area contributed by atoms with E-state index in [-0.39, 0.29) is 5.25 Å². The number of hydrogen-bond donors (Lipinski definition) is 2. The summed E-state index contributed by atoms with van der Waals surface area (Å²) in [7, 11) is -3.03. The Labute approximate surface area is 97.4 Å². The number of nitrogens with one attached hydrogen (secondary N) is 1. The lowest BCUT2D eigenvalue weighted by atomic mass is 9.96. The van der Waals surface area contributed by atoms with E-state index in [1.54, 1.807) is 4.31 Å². The Morgan fingerprint density at radius 3 is 2.12 bits per heavy atom. The Hall–Kier alpha value is -0.170. The van der Waals surface area contributed by atoms with E-state index in [1.165, 1.54) is 0 Å². The van der Waals surface area contributed by atoms with Crippen molar-refractivity contribution in [3.63, 3.8) is 0 Å². The topological polar surface area (TPSA) is 75.4 Å². The molecule has 0 aromatic carbocycles. The molecule has 2 fully saturated rings. The average Bonchev–Trinajstić information content (AvgIpc) is 2.83. The van der Waals surface area contributed by atoms with E-state index < -0.39 is 10.0 Å². The molecule has 0 spiro atoms. The van der Waals surface area contributed by atoms with Crippen LogP contribution in [-0.4, -0.2) is 37.1 Å². The van der Waals surface area contributed by atoms with Gasteiger partial charge in [-0.05, 0) is 38.5 Å². The highest BCUT2D eigenvalue weighted by Crippen LogP contribution is 2.28. The largest absolute Gasteiger partial charge is 0.271 e. The van der Waals surface area contributed by atoms with E-state index in [9.17, 15) is 8.42 Å². The smallest absolute Gasteiger partial charge is 0.216 e. The van der Waals surface area contributed by atoms with Crippen LogP contribution in [0.2, 0.25) is 0 Å². The van der Waals surface area contributed by atoms with Crippen molar-refractivity contribution in [2.24, 2.45) is 5.84 Å². The molecule has 2 rings (SSSR count). The summed E-state index contributed by atoms with van der Waals surface area (Å²) in [6, 6.07) is 0.296. The van der Waals surface area contributed by atoms with Crippen LogP contribution in [0.25, 0.3) is 0 Å². The first-order valence-corrected chi connectivity index (χ1v) is 7.60. The van der Waals surface area contributed by atoms with Crippen LogP contribution in [0, 0.1) is 0 Å². The number of hydrazine groups is 1. The van der Waals surface area contributed by atoms with Crippen molar-refractivity contribution in [1.29, 1.82) is 0 Å². The van der Waals surface area contributed by atoms with Gasteiger partial charge >= 0.3 is 0 Å². The molecule has 1 aliphatic carbocycles. The van der Waals surface area contributed by atoms with Crippen molar-refractivity contribution in [2.75, 3.05) is 13.1 Å². The van der Waals surface area contributed by atoms with Gasteiger partial charge in [0.2, 0.25) is 10.0 Å². The van der Waals surface area contributed by atoms with Gasteiger partial charge in [0, 0.05) is 19.1 Å². The summed E-state index contributed by atoms with van der Waals surface area (Å²) >= 11 is 0. The summed E-state index contributed by atoms with van der Waals surface area (Å²) in [4.78, 5) is 0. The quantitative estimate of drug-likeness (QED) is 0.551. The second-order valence-electron chi connectivity index (χ2n) is 4.79. The van der Waals surface area contributed by atoms with Crippen molar-refractivity contribution in [2.45, 2.75) is 49.8 Å². The summed E-state index contributed by atoms with van der Waals surface area (Å²) in [5.74, 6) is 5.37. The molecule has 1 saturated heterocycles. The molecule has 0 aromatic heterocycles. The lowest BCUT2D eigenvalue weighted by Crippen LogP contribution is -2.44. The van der Waals surface area contributed by atoms with Crippen molar-refractivity contribution in [3.8, 4) is 0 Å². The predicted molar refractivity (Wildman–Crippen MR) is 63.1 cm³/mol. The Morgan fingerprint density at radius 1 is 1.06 bits per heavy atom. The highest BCUT2D eigenvalue weighted by molar-refractivity contribution is 7.89. The molecule has 0 amide bonds. The van der Waals surface area contributed by atoms with Gasteiger partial charge in [-0.3, -0.25) is 11.3 Å². The third-order valence-corrected chi connectivity index (χ3v) is 6.15. The van der Waals surface area contributed by atoms with Gasteiger partial charge in [-0.1, -0.05) is 0 Å². The molecule has 0 atom stereocenters. The fourth-order valence-electron chi connectivity index (χ4n) is 2.68. The predicted octanol–water partition coefficient (Wildman–Crippen LogP) is 0.186. The van der Waals surface area contributed by atoms with Crippen LogP contribution in [0.15, 0.2) is 0 Å². The molecule has 3 N–H and O–H groups in total. The van der Waals surface area contributed by atoms with Gasteiger partial charge in [0.05, 0.1) is 5.25 Å². The third-order valence-electron chi connectivity index (χ3n) is 3.76. The van der Waals surface area contributed by atoms with Crippen LogP contribution in [0.3, 0.4) is 0 Å². The van der Waals surface area contributed by atoms with Crippen molar-refractivity contribution in [3.05, 3.63) is 0 Å². The fourth-order valence-corrected chi connectivity index (χ4v) is 4.74. The minimum Gasteiger partial charge on any atom is -0.271 e. The lowest BCUT2D eigenvalue weighted by Gasteiger charge is -2.30. The highest BCUT2D eigenvalue weighted by atomic mass is 32.2. The van der Waals surface area contributed by atoms with Gasteiger partial charge < -0.3 is 0 Å². The normalized spacial score (nSPS) is 33.1. The molecule has 1 aliphatic heterocycles. The zero-order chi connectivity index (χ0) is 11.6. The van der Waals surface area contributed by atoms with Gasteiger partial charge in [-0.25, -0.2) is 12.7 Å². The molecule has 94 valence electrons. The Balaban J connectivity index is 1.97.